The van der Waals surface area contributed by atoms with Gasteiger partial charge in [0.15, 0.2) is 0 Å². The lowest BCUT2D eigenvalue weighted by Crippen LogP contribution is -2.38. The Bertz CT molecular complexity index is 140. The van der Waals surface area contributed by atoms with Crippen LogP contribution in [0.1, 0.15) is 27.2 Å². The van der Waals surface area contributed by atoms with Crippen LogP contribution in [-0.4, -0.2) is 18.9 Å². The molecule has 64 valence electrons. The number of aliphatic imine (C=N–C) groups is 1. The average Bonchev–Trinajstić information content (AvgIpc) is 2.04. The third-order valence-electron chi connectivity index (χ3n) is 2.48. The lowest BCUT2D eigenvalue weighted by Gasteiger charge is -2.29. The lowest BCUT2D eigenvalue weighted by molar-refractivity contribution is 0.302. The molecule has 0 amide bonds. The van der Waals surface area contributed by atoms with Crippen molar-refractivity contribution in [2.45, 2.75) is 33.2 Å². The van der Waals surface area contributed by atoms with E-state index in [1.165, 1.54) is 6.42 Å². The van der Waals surface area contributed by atoms with Gasteiger partial charge < -0.3 is 5.32 Å². The van der Waals surface area contributed by atoms with E-state index in [9.17, 15) is 0 Å². The Hall–Kier alpha value is -0.530. The van der Waals surface area contributed by atoms with Gasteiger partial charge in [-0.15, -0.1) is 0 Å². The second kappa shape index (κ2) is 3.74. The number of hydrogen-bond acceptors (Lipinski definition) is 2. The van der Waals surface area contributed by atoms with Gasteiger partial charge in [0.1, 0.15) is 0 Å². The zero-order chi connectivity index (χ0) is 8.27. The number of hydrogen-bond donors (Lipinski definition) is 1. The molecule has 11 heavy (non-hydrogen) atoms. The van der Waals surface area contributed by atoms with Crippen molar-refractivity contribution in [2.75, 3.05) is 6.54 Å². The highest BCUT2D eigenvalue weighted by molar-refractivity contribution is 5.55. The molecule has 0 saturated carbocycles. The van der Waals surface area contributed by atoms with E-state index >= 15 is 0 Å². The fraction of sp³-hybridized carbons (Fsp3) is 0.889. The van der Waals surface area contributed by atoms with Gasteiger partial charge in [0, 0.05) is 12.5 Å². The monoisotopic (exact) mass is 154 g/mol. The Balaban J connectivity index is 2.56. The molecular formula is C9H18N2. The minimum atomic E-state index is 0.552. The molecule has 0 aromatic heterocycles. The quantitative estimate of drug-likeness (QED) is 0.643. The molecule has 2 atom stereocenters. The van der Waals surface area contributed by atoms with Crippen LogP contribution < -0.4 is 5.32 Å². The van der Waals surface area contributed by atoms with Crippen LogP contribution in [0.3, 0.4) is 0 Å². The van der Waals surface area contributed by atoms with Crippen molar-refractivity contribution in [3.05, 3.63) is 0 Å². The second-order valence-corrected chi connectivity index (χ2v) is 3.57. The predicted molar refractivity (Wildman–Crippen MR) is 48.9 cm³/mol. The molecule has 0 bridgehead atoms. The molecule has 2 unspecified atom stereocenters. The SMILES string of the molecule is CCC1N=CNCC1C(C)C. The van der Waals surface area contributed by atoms with Gasteiger partial charge in [0.25, 0.3) is 0 Å². The number of nitrogens with one attached hydrogen (secondary N) is 1. The Morgan fingerprint density at radius 2 is 2.36 bits per heavy atom. The minimum absolute atomic E-state index is 0.552. The summed E-state index contributed by atoms with van der Waals surface area (Å²) >= 11 is 0. The number of nitrogens with zero attached hydrogens (tertiary/aromatic N) is 1. The van der Waals surface area contributed by atoms with Crippen molar-refractivity contribution in [2.24, 2.45) is 16.8 Å². The summed E-state index contributed by atoms with van der Waals surface area (Å²) < 4.78 is 0. The summed E-state index contributed by atoms with van der Waals surface area (Å²) in [6, 6.07) is 0.552. The van der Waals surface area contributed by atoms with Crippen molar-refractivity contribution < 1.29 is 0 Å². The molecule has 1 rings (SSSR count). The second-order valence-electron chi connectivity index (χ2n) is 3.57. The molecule has 0 aromatic carbocycles. The van der Waals surface area contributed by atoms with Gasteiger partial charge in [0.2, 0.25) is 0 Å². The van der Waals surface area contributed by atoms with Crippen LogP contribution in [-0.2, 0) is 0 Å². The molecule has 0 fully saturated rings. The Kier molecular flexibility index (Phi) is 2.92. The van der Waals surface area contributed by atoms with E-state index in [4.69, 9.17) is 0 Å². The lowest BCUT2D eigenvalue weighted by atomic mass is 9.86. The maximum Gasteiger partial charge on any atom is 0.0827 e. The normalized spacial score (nSPS) is 30.5. The Labute approximate surface area is 69.1 Å². The van der Waals surface area contributed by atoms with Crippen molar-refractivity contribution in [3.63, 3.8) is 0 Å². The van der Waals surface area contributed by atoms with Crippen molar-refractivity contribution in [1.82, 2.24) is 5.32 Å². The first-order valence-corrected chi connectivity index (χ1v) is 4.50. The van der Waals surface area contributed by atoms with E-state index in [0.717, 1.165) is 18.4 Å². The molecule has 2 heteroatoms. The van der Waals surface area contributed by atoms with E-state index in [0.29, 0.717) is 6.04 Å². The van der Waals surface area contributed by atoms with E-state index in [2.05, 4.69) is 31.1 Å². The largest absolute Gasteiger partial charge is 0.376 e. The minimum Gasteiger partial charge on any atom is -0.376 e. The third kappa shape index (κ3) is 1.95. The zero-order valence-electron chi connectivity index (χ0n) is 7.67. The molecule has 2 nitrogen and oxygen atoms in total. The summed E-state index contributed by atoms with van der Waals surface area (Å²) in [6.07, 6.45) is 3.02. The smallest absolute Gasteiger partial charge is 0.0827 e. The summed E-state index contributed by atoms with van der Waals surface area (Å²) in [5.74, 6) is 1.47. The van der Waals surface area contributed by atoms with E-state index < -0.39 is 0 Å². The fourth-order valence-electron chi connectivity index (χ4n) is 1.67. The van der Waals surface area contributed by atoms with E-state index in [-0.39, 0.29) is 0 Å². The molecule has 0 aromatic rings. The molecule has 1 heterocycles. The highest BCUT2D eigenvalue weighted by Gasteiger charge is 2.23. The number of rotatable bonds is 2. The fourth-order valence-corrected chi connectivity index (χ4v) is 1.67. The van der Waals surface area contributed by atoms with E-state index in [1.807, 2.05) is 6.34 Å². The van der Waals surface area contributed by atoms with Crippen LogP contribution in [0.25, 0.3) is 0 Å². The average molecular weight is 154 g/mol. The topological polar surface area (TPSA) is 24.4 Å². The summed E-state index contributed by atoms with van der Waals surface area (Å²) in [5, 5.41) is 3.19. The molecule has 1 N–H and O–H groups in total. The van der Waals surface area contributed by atoms with Gasteiger partial charge in [-0.2, -0.15) is 0 Å². The summed E-state index contributed by atoms with van der Waals surface area (Å²) in [5.41, 5.74) is 0. The molecule has 0 radical (unpaired) electrons. The summed E-state index contributed by atoms with van der Waals surface area (Å²) in [7, 11) is 0. The van der Waals surface area contributed by atoms with Crippen molar-refractivity contribution >= 4 is 6.34 Å². The zero-order valence-corrected chi connectivity index (χ0v) is 7.67. The predicted octanol–water partition coefficient (Wildman–Crippen LogP) is 1.67. The van der Waals surface area contributed by atoms with Crippen LogP contribution in [0.4, 0.5) is 0 Å². The standard InChI is InChI=1S/C9H18N2/c1-4-9-8(7(2)3)5-10-6-11-9/h6-9H,4-5H2,1-3H3,(H,10,11). The van der Waals surface area contributed by atoms with Gasteiger partial charge in [0.05, 0.1) is 12.4 Å². The van der Waals surface area contributed by atoms with Gasteiger partial charge in [-0.1, -0.05) is 20.8 Å². The third-order valence-corrected chi connectivity index (χ3v) is 2.48. The highest BCUT2D eigenvalue weighted by atomic mass is 15.0. The maximum absolute atomic E-state index is 4.41. The molecule has 0 aliphatic carbocycles. The van der Waals surface area contributed by atoms with Gasteiger partial charge in [-0.3, -0.25) is 4.99 Å². The van der Waals surface area contributed by atoms with Crippen LogP contribution in [0.2, 0.25) is 0 Å². The molecular weight excluding hydrogens is 136 g/mol. The van der Waals surface area contributed by atoms with Gasteiger partial charge in [-0.25, -0.2) is 0 Å². The van der Waals surface area contributed by atoms with Crippen LogP contribution in [0.5, 0.6) is 0 Å². The first-order chi connectivity index (χ1) is 5.25. The van der Waals surface area contributed by atoms with Crippen molar-refractivity contribution in [3.8, 4) is 0 Å². The van der Waals surface area contributed by atoms with Gasteiger partial charge >= 0.3 is 0 Å². The van der Waals surface area contributed by atoms with Crippen LogP contribution >= 0.6 is 0 Å². The Morgan fingerprint density at radius 1 is 1.64 bits per heavy atom. The summed E-state index contributed by atoms with van der Waals surface area (Å²) in [6.45, 7) is 7.86. The van der Waals surface area contributed by atoms with Crippen LogP contribution in [0, 0.1) is 11.8 Å². The molecule has 1 aliphatic rings. The first-order valence-electron chi connectivity index (χ1n) is 4.50. The van der Waals surface area contributed by atoms with Crippen molar-refractivity contribution in [1.29, 1.82) is 0 Å². The maximum atomic E-state index is 4.41. The van der Waals surface area contributed by atoms with Crippen LogP contribution in [0.15, 0.2) is 4.99 Å². The molecule has 0 spiro atoms. The highest BCUT2D eigenvalue weighted by Crippen LogP contribution is 2.21. The van der Waals surface area contributed by atoms with Gasteiger partial charge in [-0.05, 0) is 12.3 Å². The first kappa shape index (κ1) is 8.57. The molecule has 0 saturated heterocycles. The Morgan fingerprint density at radius 3 is 2.82 bits per heavy atom. The molecule has 1 aliphatic heterocycles. The summed E-state index contributed by atoms with van der Waals surface area (Å²) in [4.78, 5) is 4.41. The van der Waals surface area contributed by atoms with E-state index in [1.54, 1.807) is 0 Å².